The molecule has 5 nitrogen and oxygen atoms in total. The standard InChI is InChI=1S/C10H11ClN4O/c1-2-8-9(11)13-6-14-10(8)12-5-7-3-4-16-15-7/h3-4,6H,2,5H2,1H3,(H,12,13,14). The van der Waals surface area contributed by atoms with Crippen molar-refractivity contribution in [3.63, 3.8) is 0 Å². The molecule has 0 atom stereocenters. The van der Waals surface area contributed by atoms with E-state index >= 15 is 0 Å². The lowest BCUT2D eigenvalue weighted by atomic mass is 10.2. The zero-order chi connectivity index (χ0) is 11.4. The van der Waals surface area contributed by atoms with E-state index in [4.69, 9.17) is 16.1 Å². The maximum Gasteiger partial charge on any atom is 0.137 e. The third kappa shape index (κ3) is 2.30. The van der Waals surface area contributed by atoms with Crippen LogP contribution in [-0.4, -0.2) is 15.1 Å². The summed E-state index contributed by atoms with van der Waals surface area (Å²) in [5.41, 5.74) is 1.73. The molecule has 2 rings (SSSR count). The van der Waals surface area contributed by atoms with Gasteiger partial charge in [-0.1, -0.05) is 23.7 Å². The Hall–Kier alpha value is -1.62. The van der Waals surface area contributed by atoms with Gasteiger partial charge in [0.15, 0.2) is 0 Å². The van der Waals surface area contributed by atoms with Gasteiger partial charge in [-0.3, -0.25) is 0 Å². The van der Waals surface area contributed by atoms with E-state index < -0.39 is 0 Å². The molecule has 0 spiro atoms. The van der Waals surface area contributed by atoms with Gasteiger partial charge >= 0.3 is 0 Å². The molecule has 2 aromatic heterocycles. The summed E-state index contributed by atoms with van der Waals surface area (Å²) in [5.74, 6) is 0.741. The number of anilines is 1. The second-order valence-corrected chi connectivity index (χ2v) is 3.55. The van der Waals surface area contributed by atoms with Gasteiger partial charge in [0.25, 0.3) is 0 Å². The van der Waals surface area contributed by atoms with Gasteiger partial charge in [0.1, 0.15) is 29.3 Å². The van der Waals surface area contributed by atoms with Crippen molar-refractivity contribution in [1.82, 2.24) is 15.1 Å². The van der Waals surface area contributed by atoms with Crippen LogP contribution in [0.25, 0.3) is 0 Å². The minimum Gasteiger partial charge on any atom is -0.364 e. The molecule has 6 heteroatoms. The Morgan fingerprint density at radius 3 is 3.00 bits per heavy atom. The molecule has 0 aromatic carbocycles. The van der Waals surface area contributed by atoms with Crippen LogP contribution < -0.4 is 5.32 Å². The molecule has 0 fully saturated rings. The van der Waals surface area contributed by atoms with Crippen LogP contribution >= 0.6 is 11.6 Å². The quantitative estimate of drug-likeness (QED) is 0.828. The summed E-state index contributed by atoms with van der Waals surface area (Å²) in [5, 5.41) is 7.43. The monoisotopic (exact) mass is 238 g/mol. The Morgan fingerprint density at radius 2 is 2.31 bits per heavy atom. The lowest BCUT2D eigenvalue weighted by Gasteiger charge is -2.08. The summed E-state index contributed by atoms with van der Waals surface area (Å²) in [4.78, 5) is 8.08. The second-order valence-electron chi connectivity index (χ2n) is 3.19. The van der Waals surface area contributed by atoms with E-state index in [9.17, 15) is 0 Å². The summed E-state index contributed by atoms with van der Waals surface area (Å²) >= 11 is 5.96. The van der Waals surface area contributed by atoms with Crippen molar-refractivity contribution in [3.05, 3.63) is 35.1 Å². The van der Waals surface area contributed by atoms with Gasteiger partial charge in [0.2, 0.25) is 0 Å². The molecule has 2 heterocycles. The fraction of sp³-hybridized carbons (Fsp3) is 0.300. The molecule has 0 saturated carbocycles. The molecule has 84 valence electrons. The molecule has 1 N–H and O–H groups in total. The largest absolute Gasteiger partial charge is 0.364 e. The van der Waals surface area contributed by atoms with Crippen LogP contribution in [0.5, 0.6) is 0 Å². The highest BCUT2D eigenvalue weighted by Gasteiger charge is 2.07. The minimum atomic E-state index is 0.486. The smallest absolute Gasteiger partial charge is 0.137 e. The summed E-state index contributed by atoms with van der Waals surface area (Å²) < 4.78 is 4.73. The number of rotatable bonds is 4. The number of aromatic nitrogens is 3. The number of nitrogens with one attached hydrogen (secondary N) is 1. The van der Waals surface area contributed by atoms with E-state index in [2.05, 4.69) is 20.4 Å². The predicted octanol–water partition coefficient (Wildman–Crippen LogP) is 2.29. The van der Waals surface area contributed by atoms with Gasteiger partial charge in [0, 0.05) is 11.6 Å². The lowest BCUT2D eigenvalue weighted by Crippen LogP contribution is -2.05. The van der Waals surface area contributed by atoms with Gasteiger partial charge in [-0.05, 0) is 6.42 Å². The zero-order valence-electron chi connectivity index (χ0n) is 8.77. The Kier molecular flexibility index (Phi) is 3.36. The van der Waals surface area contributed by atoms with E-state index in [0.717, 1.165) is 23.5 Å². The van der Waals surface area contributed by atoms with Crippen LogP contribution in [0.2, 0.25) is 5.15 Å². The normalized spacial score (nSPS) is 10.4. The van der Waals surface area contributed by atoms with Crippen LogP contribution in [0, 0.1) is 0 Å². The summed E-state index contributed by atoms with van der Waals surface area (Å²) in [6.45, 7) is 2.56. The van der Waals surface area contributed by atoms with Gasteiger partial charge in [-0.2, -0.15) is 0 Å². The summed E-state index contributed by atoms with van der Waals surface area (Å²) in [6, 6.07) is 1.79. The van der Waals surface area contributed by atoms with Gasteiger partial charge in [-0.25, -0.2) is 9.97 Å². The molecule has 0 aliphatic heterocycles. The highest BCUT2D eigenvalue weighted by Crippen LogP contribution is 2.20. The Labute approximate surface area is 97.8 Å². The molecule has 0 saturated heterocycles. The van der Waals surface area contributed by atoms with E-state index in [1.807, 2.05) is 6.92 Å². The van der Waals surface area contributed by atoms with Gasteiger partial charge in [-0.15, -0.1) is 0 Å². The van der Waals surface area contributed by atoms with Crippen LogP contribution in [0.1, 0.15) is 18.2 Å². The third-order valence-electron chi connectivity index (χ3n) is 2.17. The van der Waals surface area contributed by atoms with Crippen molar-refractivity contribution < 1.29 is 4.52 Å². The minimum absolute atomic E-state index is 0.486. The third-order valence-corrected chi connectivity index (χ3v) is 2.50. The first-order valence-electron chi connectivity index (χ1n) is 4.93. The molecular formula is C10H11ClN4O. The molecular weight excluding hydrogens is 228 g/mol. The summed E-state index contributed by atoms with van der Waals surface area (Å²) in [7, 11) is 0. The van der Waals surface area contributed by atoms with Crippen molar-refractivity contribution >= 4 is 17.4 Å². The van der Waals surface area contributed by atoms with Gasteiger partial charge in [0.05, 0.1) is 6.54 Å². The average molecular weight is 239 g/mol. The van der Waals surface area contributed by atoms with Crippen LogP contribution in [-0.2, 0) is 13.0 Å². The highest BCUT2D eigenvalue weighted by atomic mass is 35.5. The Bertz CT molecular complexity index is 458. The molecule has 0 radical (unpaired) electrons. The van der Waals surface area contributed by atoms with Crippen molar-refractivity contribution in [2.45, 2.75) is 19.9 Å². The average Bonchev–Trinajstić information content (AvgIpc) is 2.79. The van der Waals surface area contributed by atoms with E-state index in [0.29, 0.717) is 11.7 Å². The number of hydrogen-bond acceptors (Lipinski definition) is 5. The van der Waals surface area contributed by atoms with Crippen LogP contribution in [0.3, 0.4) is 0 Å². The van der Waals surface area contributed by atoms with Gasteiger partial charge < -0.3 is 9.84 Å². The predicted molar refractivity (Wildman–Crippen MR) is 60.2 cm³/mol. The van der Waals surface area contributed by atoms with E-state index in [-0.39, 0.29) is 0 Å². The Balaban J connectivity index is 2.12. The van der Waals surface area contributed by atoms with Crippen LogP contribution in [0.15, 0.2) is 23.2 Å². The van der Waals surface area contributed by atoms with E-state index in [1.54, 1.807) is 6.07 Å². The Morgan fingerprint density at radius 1 is 1.44 bits per heavy atom. The van der Waals surface area contributed by atoms with Crippen molar-refractivity contribution in [1.29, 1.82) is 0 Å². The summed E-state index contributed by atoms with van der Waals surface area (Å²) in [6.07, 6.45) is 3.75. The first kappa shape index (κ1) is 10.9. The highest BCUT2D eigenvalue weighted by molar-refractivity contribution is 6.30. The first-order chi connectivity index (χ1) is 7.81. The molecule has 2 aromatic rings. The molecule has 0 aliphatic rings. The topological polar surface area (TPSA) is 63.8 Å². The SMILES string of the molecule is CCc1c(Cl)ncnc1NCc1ccon1. The van der Waals surface area contributed by atoms with Crippen molar-refractivity contribution in [2.75, 3.05) is 5.32 Å². The molecule has 0 aliphatic carbocycles. The maximum absolute atomic E-state index is 5.96. The van der Waals surface area contributed by atoms with Crippen LogP contribution in [0.4, 0.5) is 5.82 Å². The number of hydrogen-bond donors (Lipinski definition) is 1. The number of nitrogens with zero attached hydrogens (tertiary/aromatic N) is 3. The van der Waals surface area contributed by atoms with E-state index in [1.165, 1.54) is 12.6 Å². The molecule has 0 bridgehead atoms. The fourth-order valence-electron chi connectivity index (χ4n) is 1.36. The molecule has 16 heavy (non-hydrogen) atoms. The first-order valence-corrected chi connectivity index (χ1v) is 5.31. The zero-order valence-corrected chi connectivity index (χ0v) is 9.53. The lowest BCUT2D eigenvalue weighted by molar-refractivity contribution is 0.412. The maximum atomic E-state index is 5.96. The number of halogens is 1. The van der Waals surface area contributed by atoms with Crippen molar-refractivity contribution in [2.24, 2.45) is 0 Å². The fourth-order valence-corrected chi connectivity index (χ4v) is 1.63. The molecule has 0 amide bonds. The van der Waals surface area contributed by atoms with Crippen molar-refractivity contribution in [3.8, 4) is 0 Å². The molecule has 0 unspecified atom stereocenters. The second kappa shape index (κ2) is 4.94.